The highest BCUT2D eigenvalue weighted by atomic mass is 16.5. The van der Waals surface area contributed by atoms with E-state index in [1.807, 2.05) is 0 Å². The molecule has 6 heteroatoms. The molecule has 0 spiro atoms. The summed E-state index contributed by atoms with van der Waals surface area (Å²) in [6.07, 6.45) is 107. The van der Waals surface area contributed by atoms with E-state index in [2.05, 4.69) is 43.5 Å². The van der Waals surface area contributed by atoms with Crippen molar-refractivity contribution >= 4 is 11.9 Å². The number of nitrogens with one attached hydrogen (secondary N) is 1. The summed E-state index contributed by atoms with van der Waals surface area (Å²) in [4.78, 5) is 24.7. The molecule has 93 heavy (non-hydrogen) atoms. The summed E-state index contributed by atoms with van der Waals surface area (Å²) in [5.41, 5.74) is 0. The average molecular weight is 1310 g/mol. The van der Waals surface area contributed by atoms with E-state index >= 15 is 0 Å². The van der Waals surface area contributed by atoms with Crippen LogP contribution in [0.2, 0.25) is 0 Å². The lowest BCUT2D eigenvalue weighted by molar-refractivity contribution is -0.143. The van der Waals surface area contributed by atoms with E-state index in [0.717, 1.165) is 44.9 Å². The van der Waals surface area contributed by atoms with E-state index in [0.29, 0.717) is 25.9 Å². The highest BCUT2D eigenvalue weighted by molar-refractivity contribution is 5.76. The number of amides is 1. The minimum Gasteiger partial charge on any atom is -0.466 e. The van der Waals surface area contributed by atoms with Gasteiger partial charge in [-0.2, -0.15) is 0 Å². The van der Waals surface area contributed by atoms with Gasteiger partial charge in [-0.1, -0.05) is 430 Å². The van der Waals surface area contributed by atoms with Crippen LogP contribution in [-0.4, -0.2) is 47.4 Å². The van der Waals surface area contributed by atoms with Crippen molar-refractivity contribution in [2.45, 2.75) is 508 Å². The molecule has 0 aliphatic heterocycles. The number of esters is 1. The fourth-order valence-electron chi connectivity index (χ4n) is 13.9. The number of carbonyl (C=O) groups excluding carboxylic acids is 2. The first kappa shape index (κ1) is 91.3. The normalized spacial score (nSPS) is 12.5. The number of hydrogen-bond acceptors (Lipinski definition) is 5. The van der Waals surface area contributed by atoms with Gasteiger partial charge in [-0.3, -0.25) is 9.59 Å². The fraction of sp³-hybridized carbons (Fsp3) is 0.931. The lowest BCUT2D eigenvalue weighted by Crippen LogP contribution is -2.45. The van der Waals surface area contributed by atoms with Gasteiger partial charge in [-0.15, -0.1) is 0 Å². The zero-order valence-electron chi connectivity index (χ0n) is 63.5. The van der Waals surface area contributed by atoms with Gasteiger partial charge in [0.2, 0.25) is 5.91 Å². The summed E-state index contributed by atoms with van der Waals surface area (Å²) in [5, 5.41) is 23.5. The monoisotopic (exact) mass is 1310 g/mol. The number of hydrogen-bond donors (Lipinski definition) is 3. The highest BCUT2D eigenvalue weighted by Gasteiger charge is 2.20. The van der Waals surface area contributed by atoms with Gasteiger partial charge in [-0.25, -0.2) is 0 Å². The highest BCUT2D eigenvalue weighted by Crippen LogP contribution is 2.21. The summed E-state index contributed by atoms with van der Waals surface area (Å²) in [6, 6.07) is -0.539. The van der Waals surface area contributed by atoms with E-state index < -0.39 is 12.1 Å². The smallest absolute Gasteiger partial charge is 0.305 e. The van der Waals surface area contributed by atoms with Crippen LogP contribution in [0.3, 0.4) is 0 Å². The first-order valence-corrected chi connectivity index (χ1v) is 43.1. The van der Waals surface area contributed by atoms with Crippen molar-refractivity contribution in [2.24, 2.45) is 0 Å². The number of rotatable bonds is 82. The molecule has 2 atom stereocenters. The Hall–Kier alpha value is -1.66. The molecule has 0 saturated heterocycles. The molecule has 1 amide bonds. The van der Waals surface area contributed by atoms with Crippen molar-refractivity contribution in [2.75, 3.05) is 13.2 Å². The van der Waals surface area contributed by atoms with E-state index in [1.54, 1.807) is 0 Å². The largest absolute Gasteiger partial charge is 0.466 e. The summed E-state index contributed by atoms with van der Waals surface area (Å²) < 4.78 is 5.50. The molecule has 552 valence electrons. The van der Waals surface area contributed by atoms with Crippen LogP contribution in [0.5, 0.6) is 0 Å². The molecule has 0 radical (unpaired) electrons. The predicted octanol–water partition coefficient (Wildman–Crippen LogP) is 28.8. The molecule has 0 aliphatic rings. The molecule has 0 aromatic carbocycles. The zero-order valence-corrected chi connectivity index (χ0v) is 63.5. The molecule has 0 saturated carbocycles. The number of aliphatic hydroxyl groups excluding tert-OH is 2. The van der Waals surface area contributed by atoms with Crippen molar-refractivity contribution in [1.29, 1.82) is 0 Å². The van der Waals surface area contributed by atoms with Gasteiger partial charge in [0.15, 0.2) is 0 Å². The third-order valence-electron chi connectivity index (χ3n) is 20.5. The van der Waals surface area contributed by atoms with Gasteiger partial charge < -0.3 is 20.3 Å². The van der Waals surface area contributed by atoms with Crippen molar-refractivity contribution in [3.05, 3.63) is 24.3 Å². The molecule has 6 nitrogen and oxygen atoms in total. The average Bonchev–Trinajstić information content (AvgIpc) is 3.78. The van der Waals surface area contributed by atoms with Gasteiger partial charge in [0.05, 0.1) is 25.4 Å². The second kappa shape index (κ2) is 82.8. The Morgan fingerprint density at radius 1 is 0.290 bits per heavy atom. The molecular formula is C87H169NO5. The third kappa shape index (κ3) is 79.2. The quantitative estimate of drug-likeness (QED) is 0.0320. The Kier molecular flexibility index (Phi) is 81.3. The maximum absolute atomic E-state index is 12.6. The molecule has 0 heterocycles. The molecule has 0 aliphatic carbocycles. The maximum Gasteiger partial charge on any atom is 0.305 e. The van der Waals surface area contributed by atoms with Crippen molar-refractivity contribution < 1.29 is 24.5 Å². The SMILES string of the molecule is CCCCCCC/C=C\CCCCCCCC(=O)OCCCCCCCCCCCCCCCCCCCC/C=C\CCCCCCCCCCCCCCCCCCCC(=O)NC(CO)C(O)CCCCCCCCCCCCCCCCCCCCCCCCC. The van der Waals surface area contributed by atoms with Gasteiger partial charge in [-0.05, 0) is 77.0 Å². The zero-order chi connectivity index (χ0) is 67.0. The standard InChI is InChI=1S/C87H169NO5/c1-3-5-7-9-11-13-15-17-19-20-21-22-40-43-46-49-52-55-59-63-67-71-75-79-85(90)84(83-89)88-86(91)80-76-72-68-64-60-56-53-50-47-44-41-38-36-34-32-30-28-26-24-23-25-27-29-31-33-35-37-39-42-45-48-51-54-58-62-66-70-74-78-82-93-87(92)81-77-73-69-65-61-57-18-16-14-12-10-8-6-4-2/h16,18,23-24,84-85,89-90H,3-15,17,19-22,25-83H2,1-2H3,(H,88,91)/b18-16-,24-23-. The molecule has 0 rings (SSSR count). The molecule has 3 N–H and O–H groups in total. The summed E-state index contributed by atoms with van der Waals surface area (Å²) in [5.74, 6) is -0.00954. The lowest BCUT2D eigenvalue weighted by atomic mass is 10.0. The van der Waals surface area contributed by atoms with Crippen molar-refractivity contribution in [1.82, 2.24) is 5.32 Å². The first-order chi connectivity index (χ1) is 46.0. The van der Waals surface area contributed by atoms with E-state index in [-0.39, 0.29) is 18.5 Å². The molecule has 0 fully saturated rings. The Morgan fingerprint density at radius 3 is 0.763 bits per heavy atom. The van der Waals surface area contributed by atoms with Gasteiger partial charge in [0.1, 0.15) is 0 Å². The fourth-order valence-corrected chi connectivity index (χ4v) is 13.9. The minimum atomic E-state index is -0.662. The van der Waals surface area contributed by atoms with E-state index in [9.17, 15) is 19.8 Å². The van der Waals surface area contributed by atoms with Gasteiger partial charge >= 0.3 is 5.97 Å². The van der Waals surface area contributed by atoms with E-state index in [1.165, 1.54) is 417 Å². The van der Waals surface area contributed by atoms with Crippen LogP contribution in [0.1, 0.15) is 495 Å². The maximum atomic E-state index is 12.6. The first-order valence-electron chi connectivity index (χ1n) is 43.1. The van der Waals surface area contributed by atoms with Gasteiger partial charge in [0.25, 0.3) is 0 Å². The van der Waals surface area contributed by atoms with Crippen LogP contribution in [0, 0.1) is 0 Å². The predicted molar refractivity (Wildman–Crippen MR) is 412 cm³/mol. The Labute approximate surface area is 583 Å². The Morgan fingerprint density at radius 2 is 0.505 bits per heavy atom. The molecule has 2 unspecified atom stereocenters. The summed E-state index contributed by atoms with van der Waals surface area (Å²) in [7, 11) is 0. The molecule has 0 aromatic heterocycles. The number of unbranched alkanes of at least 4 members (excludes halogenated alkanes) is 67. The topological polar surface area (TPSA) is 95.9 Å². The number of aliphatic hydroxyl groups is 2. The van der Waals surface area contributed by atoms with Crippen LogP contribution in [-0.2, 0) is 14.3 Å². The minimum absolute atomic E-state index is 0.0149. The molecular weight excluding hydrogens is 1140 g/mol. The third-order valence-corrected chi connectivity index (χ3v) is 20.5. The van der Waals surface area contributed by atoms with Crippen LogP contribution in [0.25, 0.3) is 0 Å². The number of allylic oxidation sites excluding steroid dienone is 4. The summed E-state index contributed by atoms with van der Waals surface area (Å²) in [6.45, 7) is 5.00. The van der Waals surface area contributed by atoms with Crippen molar-refractivity contribution in [3.63, 3.8) is 0 Å². The van der Waals surface area contributed by atoms with E-state index in [4.69, 9.17) is 4.74 Å². The van der Waals surface area contributed by atoms with Crippen LogP contribution >= 0.6 is 0 Å². The summed E-state index contributed by atoms with van der Waals surface area (Å²) >= 11 is 0. The molecule has 0 aromatic rings. The Bertz CT molecular complexity index is 1460. The van der Waals surface area contributed by atoms with Crippen LogP contribution in [0.4, 0.5) is 0 Å². The number of ether oxygens (including phenoxy) is 1. The van der Waals surface area contributed by atoms with Crippen LogP contribution in [0.15, 0.2) is 24.3 Å². The second-order valence-corrected chi connectivity index (χ2v) is 29.9. The Balaban J connectivity index is 3.33. The second-order valence-electron chi connectivity index (χ2n) is 29.9. The van der Waals surface area contributed by atoms with Crippen molar-refractivity contribution in [3.8, 4) is 0 Å². The lowest BCUT2D eigenvalue weighted by Gasteiger charge is -2.22. The van der Waals surface area contributed by atoms with Crippen LogP contribution < -0.4 is 5.32 Å². The number of carbonyl (C=O) groups is 2. The van der Waals surface area contributed by atoms with Gasteiger partial charge in [0, 0.05) is 12.8 Å². The molecule has 0 bridgehead atoms.